The monoisotopic (exact) mass is 352 g/mol. The van der Waals surface area contributed by atoms with Crippen LogP contribution in [0.2, 0.25) is 10.0 Å². The maximum atomic E-state index is 6.33. The number of pyridine rings is 1. The van der Waals surface area contributed by atoms with Crippen LogP contribution in [0, 0.1) is 12.3 Å². The lowest BCUT2D eigenvalue weighted by molar-refractivity contribution is 0.918. The van der Waals surface area contributed by atoms with E-state index in [1.54, 1.807) is 12.3 Å². The summed E-state index contributed by atoms with van der Waals surface area (Å²) in [5, 5.41) is 3.09. The second-order valence-electron chi connectivity index (χ2n) is 4.05. The lowest BCUT2D eigenvalue weighted by Crippen LogP contribution is -1.96. The summed E-state index contributed by atoms with van der Waals surface area (Å²) in [6, 6.07) is 5.69. The van der Waals surface area contributed by atoms with Gasteiger partial charge < -0.3 is 4.57 Å². The minimum atomic E-state index is 0.407. The van der Waals surface area contributed by atoms with Crippen molar-refractivity contribution in [3.8, 4) is 12.3 Å². The van der Waals surface area contributed by atoms with Gasteiger partial charge in [0.2, 0.25) is 0 Å². The first-order valence-electron chi connectivity index (χ1n) is 5.49. The Morgan fingerprint density at radius 3 is 2.68 bits per heavy atom. The Hall–Kier alpha value is -1.21. The van der Waals surface area contributed by atoms with Crippen molar-refractivity contribution >= 4 is 60.9 Å². The molecule has 3 aromatic rings. The van der Waals surface area contributed by atoms with Gasteiger partial charge >= 0.3 is 0 Å². The lowest BCUT2D eigenvalue weighted by atomic mass is 10.2. The van der Waals surface area contributed by atoms with Gasteiger partial charge in [-0.15, -0.1) is 6.42 Å². The first-order chi connectivity index (χ1) is 9.15. The third kappa shape index (κ3) is 1.83. The predicted octanol–water partition coefficient (Wildman–Crippen LogP) is 4.89. The molecule has 2 aromatic heterocycles. The van der Waals surface area contributed by atoms with Crippen molar-refractivity contribution in [2.45, 2.75) is 6.54 Å². The Morgan fingerprint density at radius 1 is 1.21 bits per heavy atom. The van der Waals surface area contributed by atoms with Gasteiger partial charge in [0.15, 0.2) is 0 Å². The molecule has 0 unspecified atom stereocenters. The fraction of sp³-hybridized carbons (Fsp3) is 0.0714. The molecule has 0 radical (unpaired) electrons. The molecule has 0 atom stereocenters. The molecule has 19 heavy (non-hydrogen) atoms. The van der Waals surface area contributed by atoms with Gasteiger partial charge in [0, 0.05) is 17.0 Å². The topological polar surface area (TPSA) is 17.8 Å². The van der Waals surface area contributed by atoms with Gasteiger partial charge in [-0.05, 0) is 28.1 Å². The van der Waals surface area contributed by atoms with Gasteiger partial charge in [-0.25, -0.2) is 4.98 Å². The molecule has 5 heteroatoms. The summed E-state index contributed by atoms with van der Waals surface area (Å²) in [6.07, 6.45) is 7.20. The number of halogens is 3. The molecule has 0 saturated heterocycles. The summed E-state index contributed by atoms with van der Waals surface area (Å²) in [5.74, 6) is 2.64. The summed E-state index contributed by atoms with van der Waals surface area (Å²) in [4.78, 5) is 4.25. The molecule has 2 nitrogen and oxygen atoms in total. The smallest absolute Gasteiger partial charge is 0.130 e. The van der Waals surface area contributed by atoms with Crippen LogP contribution in [0.15, 0.2) is 29.0 Å². The Bertz CT molecular complexity index is 846. The summed E-state index contributed by atoms with van der Waals surface area (Å²) in [7, 11) is 0. The van der Waals surface area contributed by atoms with E-state index in [0.717, 1.165) is 26.4 Å². The number of fused-ring (bicyclic) bond motifs is 3. The number of terminal acetylenes is 1. The average Bonchev–Trinajstić information content (AvgIpc) is 2.71. The summed E-state index contributed by atoms with van der Waals surface area (Å²) in [6.45, 7) is 0.407. The molecule has 0 bridgehead atoms. The molecule has 1 aromatic carbocycles. The van der Waals surface area contributed by atoms with E-state index < -0.39 is 0 Å². The molecule has 3 rings (SSSR count). The van der Waals surface area contributed by atoms with Gasteiger partial charge in [0.1, 0.15) is 4.60 Å². The number of hydrogen-bond acceptors (Lipinski definition) is 1. The number of benzene rings is 1. The van der Waals surface area contributed by atoms with Crippen LogP contribution >= 0.6 is 39.1 Å². The van der Waals surface area contributed by atoms with Crippen LogP contribution in [0.25, 0.3) is 21.8 Å². The van der Waals surface area contributed by atoms with Gasteiger partial charge in [-0.2, -0.15) is 0 Å². The van der Waals surface area contributed by atoms with Crippen LogP contribution in [-0.2, 0) is 6.54 Å². The minimum Gasteiger partial charge on any atom is -0.325 e. The van der Waals surface area contributed by atoms with E-state index in [4.69, 9.17) is 29.6 Å². The fourth-order valence-corrected chi connectivity index (χ4v) is 3.25. The van der Waals surface area contributed by atoms with E-state index in [1.807, 2.05) is 16.7 Å². The number of nitrogens with zero attached hydrogens (tertiary/aromatic N) is 2. The predicted molar refractivity (Wildman–Crippen MR) is 83.8 cm³/mol. The van der Waals surface area contributed by atoms with Crippen molar-refractivity contribution in [1.82, 2.24) is 9.55 Å². The third-order valence-corrected chi connectivity index (χ3v) is 4.40. The van der Waals surface area contributed by atoms with E-state index in [9.17, 15) is 0 Å². The van der Waals surface area contributed by atoms with Crippen molar-refractivity contribution in [3.05, 3.63) is 39.0 Å². The van der Waals surface area contributed by atoms with E-state index in [-0.39, 0.29) is 0 Å². The van der Waals surface area contributed by atoms with Crippen molar-refractivity contribution in [2.75, 3.05) is 0 Å². The molecule has 0 fully saturated rings. The molecule has 0 aliphatic heterocycles. The average molecular weight is 354 g/mol. The molecule has 0 aliphatic rings. The van der Waals surface area contributed by atoms with Crippen LogP contribution in [0.5, 0.6) is 0 Å². The molecule has 0 amide bonds. The van der Waals surface area contributed by atoms with Crippen LogP contribution in [0.1, 0.15) is 0 Å². The number of hydrogen-bond donors (Lipinski definition) is 0. The van der Waals surface area contributed by atoms with Crippen LogP contribution in [-0.4, -0.2) is 9.55 Å². The number of aromatic nitrogens is 2. The Labute approximate surface area is 128 Å². The molecule has 0 N–H and O–H groups in total. The third-order valence-electron chi connectivity index (χ3n) is 3.03. The summed E-state index contributed by atoms with van der Waals surface area (Å²) >= 11 is 15.9. The summed E-state index contributed by atoms with van der Waals surface area (Å²) in [5.41, 5.74) is 1.77. The quantitative estimate of drug-likeness (QED) is 0.449. The minimum absolute atomic E-state index is 0.407. The summed E-state index contributed by atoms with van der Waals surface area (Å²) < 4.78 is 2.69. The van der Waals surface area contributed by atoms with Crippen LogP contribution in [0.4, 0.5) is 0 Å². The van der Waals surface area contributed by atoms with Crippen molar-refractivity contribution < 1.29 is 0 Å². The zero-order valence-corrected chi connectivity index (χ0v) is 12.7. The Morgan fingerprint density at radius 2 is 1.95 bits per heavy atom. The fourth-order valence-electron chi connectivity index (χ4n) is 2.28. The van der Waals surface area contributed by atoms with E-state index in [0.29, 0.717) is 16.6 Å². The molecule has 0 saturated carbocycles. The van der Waals surface area contributed by atoms with Gasteiger partial charge in [-0.3, -0.25) is 0 Å². The standard InChI is InChI=1S/C14H7BrCl2N2/c1-2-7-19-12-8(3-4-10(16)11(12)17)9-5-6-18-14(15)13(9)19/h1,3-6H,7H2. The molecule has 2 heterocycles. The normalized spacial score (nSPS) is 11.1. The maximum absolute atomic E-state index is 6.33. The highest BCUT2D eigenvalue weighted by Gasteiger charge is 2.16. The van der Waals surface area contributed by atoms with Crippen molar-refractivity contribution in [3.63, 3.8) is 0 Å². The Balaban J connectivity index is 2.63. The molecule has 0 spiro atoms. The molecular formula is C14H7BrCl2N2. The van der Waals surface area contributed by atoms with Crippen molar-refractivity contribution in [2.24, 2.45) is 0 Å². The SMILES string of the molecule is C#CCn1c2c(Br)nccc2c2ccc(Cl)c(Cl)c21. The first kappa shape index (κ1) is 12.8. The highest BCUT2D eigenvalue weighted by Crippen LogP contribution is 2.38. The van der Waals surface area contributed by atoms with Crippen LogP contribution in [0.3, 0.4) is 0 Å². The highest BCUT2D eigenvalue weighted by molar-refractivity contribution is 9.10. The Kier molecular flexibility index (Phi) is 3.18. The zero-order chi connectivity index (χ0) is 13.6. The molecular weight excluding hydrogens is 347 g/mol. The number of rotatable bonds is 1. The largest absolute Gasteiger partial charge is 0.325 e. The highest BCUT2D eigenvalue weighted by atomic mass is 79.9. The second kappa shape index (κ2) is 4.72. The van der Waals surface area contributed by atoms with Gasteiger partial charge in [0.25, 0.3) is 0 Å². The first-order valence-corrected chi connectivity index (χ1v) is 7.04. The second-order valence-corrected chi connectivity index (χ2v) is 5.58. The van der Waals surface area contributed by atoms with Gasteiger partial charge in [0.05, 0.1) is 27.6 Å². The molecule has 94 valence electrons. The maximum Gasteiger partial charge on any atom is 0.130 e. The van der Waals surface area contributed by atoms with E-state index in [1.165, 1.54) is 0 Å². The van der Waals surface area contributed by atoms with E-state index >= 15 is 0 Å². The zero-order valence-electron chi connectivity index (χ0n) is 9.62. The van der Waals surface area contributed by atoms with Gasteiger partial charge in [-0.1, -0.05) is 35.2 Å². The van der Waals surface area contributed by atoms with Crippen LogP contribution < -0.4 is 0 Å². The molecule has 0 aliphatic carbocycles. The van der Waals surface area contributed by atoms with Crippen molar-refractivity contribution in [1.29, 1.82) is 0 Å². The van der Waals surface area contributed by atoms with E-state index in [2.05, 4.69) is 26.8 Å². The lowest BCUT2D eigenvalue weighted by Gasteiger charge is -2.05.